The lowest BCUT2D eigenvalue weighted by Gasteiger charge is -2.43. The first kappa shape index (κ1) is 40.4. The van der Waals surface area contributed by atoms with Crippen LogP contribution in [0.15, 0.2) is 72.8 Å². The molecule has 2 aliphatic heterocycles. The molecular weight excluding hydrogens is 770 g/mol. The molecular formula is C57H66BN3S. The van der Waals surface area contributed by atoms with Crippen LogP contribution in [0, 0.1) is 6.92 Å². The molecule has 0 amide bonds. The van der Waals surface area contributed by atoms with Gasteiger partial charge >= 0.3 is 0 Å². The molecule has 0 N–H and O–H groups in total. The van der Waals surface area contributed by atoms with Crippen molar-refractivity contribution in [2.24, 2.45) is 0 Å². The Bertz CT molecular complexity index is 2960. The van der Waals surface area contributed by atoms with E-state index in [-0.39, 0.29) is 44.6 Å². The lowest BCUT2D eigenvalue weighted by atomic mass is 9.36. The van der Waals surface area contributed by atoms with Crippen LogP contribution >= 0.6 is 11.3 Å². The predicted molar refractivity (Wildman–Crippen MR) is 269 cm³/mol. The zero-order valence-electron chi connectivity index (χ0n) is 40.4. The number of thiophene rings is 1. The van der Waals surface area contributed by atoms with Gasteiger partial charge in [0.15, 0.2) is 0 Å². The molecule has 2 aromatic heterocycles. The third-order valence-electron chi connectivity index (χ3n) is 16.2. The topological polar surface area (TPSA) is 19.4 Å². The van der Waals surface area contributed by atoms with E-state index in [1.165, 1.54) is 93.2 Å². The third-order valence-corrected chi connectivity index (χ3v) is 17.4. The Hall–Kier alpha value is -4.35. The van der Waals surface area contributed by atoms with Crippen molar-refractivity contribution in [2.45, 2.75) is 168 Å². The van der Waals surface area contributed by atoms with Gasteiger partial charge in [0.1, 0.15) is 5.82 Å². The molecule has 0 atom stereocenters. The first-order valence-electron chi connectivity index (χ1n) is 23.4. The van der Waals surface area contributed by atoms with E-state index in [0.29, 0.717) is 0 Å². The molecule has 0 radical (unpaired) electrons. The van der Waals surface area contributed by atoms with Gasteiger partial charge in [-0.2, -0.15) is 0 Å². The molecule has 4 heterocycles. The molecule has 0 bridgehead atoms. The lowest BCUT2D eigenvalue weighted by Crippen LogP contribution is -2.61. The number of rotatable bonds is 2. The van der Waals surface area contributed by atoms with Gasteiger partial charge < -0.3 is 4.90 Å². The highest BCUT2D eigenvalue weighted by atomic mass is 32.1. The summed E-state index contributed by atoms with van der Waals surface area (Å²) in [5.41, 5.74) is 21.0. The minimum atomic E-state index is 0.0216. The highest BCUT2D eigenvalue weighted by Crippen LogP contribution is 2.56. The van der Waals surface area contributed by atoms with E-state index in [0.717, 1.165) is 30.8 Å². The smallest absolute Gasteiger partial charge is 0.266 e. The second kappa shape index (κ2) is 12.1. The van der Waals surface area contributed by atoms with Crippen molar-refractivity contribution < 1.29 is 0 Å². The fraction of sp³-hybridized carbons (Fsp3) is 0.456. The molecule has 62 heavy (non-hydrogen) atoms. The molecule has 5 heteroatoms. The summed E-state index contributed by atoms with van der Waals surface area (Å²) in [5.74, 6) is 1.08. The van der Waals surface area contributed by atoms with Crippen LogP contribution in [0.5, 0.6) is 0 Å². The monoisotopic (exact) mass is 836 g/mol. The first-order chi connectivity index (χ1) is 28.7. The van der Waals surface area contributed by atoms with Crippen molar-refractivity contribution >= 4 is 78.1 Å². The van der Waals surface area contributed by atoms with Gasteiger partial charge in [-0.1, -0.05) is 128 Å². The Kier molecular flexibility index (Phi) is 7.86. The SMILES string of the molecule is Cc1cc2c3c(n1)N(c1ccc4c(c1)C(C)(C)CC4(C)C)c1cc4c(cc1B3c1sc3ccc(C(C)(C)C)cc3c1N2c1ccc2c(c1)C(C)(C)CC2(C)C)C(C)(C)CC4(C)C. The van der Waals surface area contributed by atoms with Crippen LogP contribution in [0.4, 0.5) is 34.3 Å². The van der Waals surface area contributed by atoms with Crippen molar-refractivity contribution in [2.75, 3.05) is 9.80 Å². The van der Waals surface area contributed by atoms with Crippen molar-refractivity contribution in [3.63, 3.8) is 0 Å². The maximum atomic E-state index is 5.69. The average Bonchev–Trinajstić information content (AvgIpc) is 3.74. The van der Waals surface area contributed by atoms with Gasteiger partial charge in [-0.15, -0.1) is 11.3 Å². The standard InChI is InChI=1S/C57H66BN3S/c1-32-23-45-47-50(59-32)61(35-19-21-38-40(26-35)55(11,12)30-53(38,7)8)44-28-42-41(56(13,14)31-57(42,15)16)27-43(44)58(47)49-48(36-24-33(51(2,3)4)17-22-46(36)62-49)60(45)34-18-20-37-39(25-34)54(9,10)29-52(37,5)6/h17-28H,29-31H2,1-16H3. The normalized spacial score (nSPS) is 21.1. The minimum absolute atomic E-state index is 0.0216. The highest BCUT2D eigenvalue weighted by molar-refractivity contribution is 7.33. The summed E-state index contributed by atoms with van der Waals surface area (Å²) in [7, 11) is 0. The third kappa shape index (κ3) is 5.45. The van der Waals surface area contributed by atoms with Crippen LogP contribution in [0.2, 0.25) is 0 Å². The number of benzene rings is 4. The molecule has 318 valence electrons. The summed E-state index contributed by atoms with van der Waals surface area (Å²) in [6.45, 7) is 38.7. The summed E-state index contributed by atoms with van der Waals surface area (Å²) < 4.78 is 2.78. The van der Waals surface area contributed by atoms with Gasteiger partial charge in [-0.3, -0.25) is 4.90 Å². The minimum Gasteiger partial charge on any atom is -0.310 e. The number of nitrogens with zero attached hydrogens (tertiary/aromatic N) is 3. The maximum absolute atomic E-state index is 5.69. The zero-order chi connectivity index (χ0) is 44.2. The Balaban J connectivity index is 1.26. The summed E-state index contributed by atoms with van der Waals surface area (Å²) in [6, 6.07) is 29.8. The Labute approximate surface area is 376 Å². The first-order valence-corrected chi connectivity index (χ1v) is 24.2. The fourth-order valence-corrected chi connectivity index (χ4v) is 15.4. The number of hydrogen-bond donors (Lipinski definition) is 0. The molecule has 0 unspecified atom stereocenters. The van der Waals surface area contributed by atoms with Crippen LogP contribution in [-0.4, -0.2) is 11.7 Å². The summed E-state index contributed by atoms with van der Waals surface area (Å²) in [4.78, 5) is 10.9. The molecule has 0 fully saturated rings. The Morgan fingerprint density at radius 2 is 1.05 bits per heavy atom. The summed E-state index contributed by atoms with van der Waals surface area (Å²) in [5, 5.41) is 1.36. The number of anilines is 6. The van der Waals surface area contributed by atoms with E-state index in [1.54, 1.807) is 0 Å². The highest BCUT2D eigenvalue weighted by Gasteiger charge is 2.51. The van der Waals surface area contributed by atoms with Crippen LogP contribution < -0.4 is 25.5 Å². The van der Waals surface area contributed by atoms with Gasteiger partial charge in [-0.25, -0.2) is 4.98 Å². The lowest BCUT2D eigenvalue weighted by molar-refractivity contribution is 0.402. The van der Waals surface area contributed by atoms with Gasteiger partial charge in [0.05, 0.1) is 5.69 Å². The number of aromatic nitrogens is 1. The van der Waals surface area contributed by atoms with Crippen molar-refractivity contribution in [1.29, 1.82) is 0 Å². The second-order valence-electron chi connectivity index (χ2n) is 25.1. The van der Waals surface area contributed by atoms with E-state index in [9.17, 15) is 0 Å². The Morgan fingerprint density at radius 3 is 1.60 bits per heavy atom. The molecule has 3 nitrogen and oxygen atoms in total. The Morgan fingerprint density at radius 1 is 0.548 bits per heavy atom. The van der Waals surface area contributed by atoms with Gasteiger partial charge in [0.2, 0.25) is 0 Å². The molecule has 0 saturated heterocycles. The summed E-state index contributed by atoms with van der Waals surface area (Å²) in [6.07, 6.45) is 3.41. The van der Waals surface area contributed by atoms with Crippen LogP contribution in [0.25, 0.3) is 10.1 Å². The van der Waals surface area contributed by atoms with Crippen molar-refractivity contribution in [3.05, 3.63) is 117 Å². The second-order valence-corrected chi connectivity index (χ2v) is 26.2. The average molecular weight is 836 g/mol. The molecule has 3 aliphatic carbocycles. The van der Waals surface area contributed by atoms with Crippen molar-refractivity contribution in [1.82, 2.24) is 4.98 Å². The number of pyridine rings is 1. The van der Waals surface area contributed by atoms with E-state index in [2.05, 4.69) is 193 Å². The van der Waals surface area contributed by atoms with E-state index in [1.807, 2.05) is 11.3 Å². The van der Waals surface area contributed by atoms with Gasteiger partial charge in [0.25, 0.3) is 6.71 Å². The van der Waals surface area contributed by atoms with Gasteiger partial charge in [0, 0.05) is 43.3 Å². The van der Waals surface area contributed by atoms with Crippen LogP contribution in [-0.2, 0) is 37.9 Å². The molecule has 6 aromatic rings. The van der Waals surface area contributed by atoms with E-state index >= 15 is 0 Å². The van der Waals surface area contributed by atoms with Crippen LogP contribution in [0.1, 0.15) is 168 Å². The molecule has 0 saturated carbocycles. The number of fused-ring (bicyclic) bond motifs is 9. The van der Waals surface area contributed by atoms with E-state index < -0.39 is 0 Å². The summed E-state index contributed by atoms with van der Waals surface area (Å²) >= 11 is 2.01. The largest absolute Gasteiger partial charge is 0.310 e. The van der Waals surface area contributed by atoms with Gasteiger partial charge in [-0.05, 0) is 162 Å². The quantitative estimate of drug-likeness (QED) is 0.162. The predicted octanol–water partition coefficient (Wildman–Crippen LogP) is 13.9. The molecule has 5 aliphatic rings. The maximum Gasteiger partial charge on any atom is 0.266 e. The number of aryl methyl sites for hydroxylation is 1. The van der Waals surface area contributed by atoms with Crippen LogP contribution in [0.3, 0.4) is 0 Å². The fourth-order valence-electron chi connectivity index (χ4n) is 14.1. The molecule has 0 spiro atoms. The van der Waals surface area contributed by atoms with E-state index in [4.69, 9.17) is 4.98 Å². The number of hydrogen-bond acceptors (Lipinski definition) is 4. The molecule has 11 rings (SSSR count). The molecule has 4 aromatic carbocycles. The zero-order valence-corrected chi connectivity index (χ0v) is 41.2. The van der Waals surface area contributed by atoms with Crippen molar-refractivity contribution in [3.8, 4) is 0 Å².